The van der Waals surface area contributed by atoms with Gasteiger partial charge in [-0.05, 0) is 38.2 Å². The Bertz CT molecular complexity index is 441. The molecule has 1 aromatic carbocycles. The summed E-state index contributed by atoms with van der Waals surface area (Å²) in [6.45, 7) is 3.02. The van der Waals surface area contributed by atoms with Crippen LogP contribution in [-0.4, -0.2) is 29.4 Å². The van der Waals surface area contributed by atoms with Gasteiger partial charge in [0.25, 0.3) is 0 Å². The fourth-order valence-corrected chi connectivity index (χ4v) is 2.88. The largest absolute Gasteiger partial charge is 0.335 e. The van der Waals surface area contributed by atoms with Gasteiger partial charge in [-0.1, -0.05) is 30.3 Å². The van der Waals surface area contributed by atoms with E-state index in [-0.39, 0.29) is 18.0 Å². The van der Waals surface area contributed by atoms with Crippen LogP contribution in [0.15, 0.2) is 30.3 Å². The van der Waals surface area contributed by atoms with E-state index in [1.807, 2.05) is 23.1 Å². The second-order valence-corrected chi connectivity index (χ2v) is 5.75. The van der Waals surface area contributed by atoms with Gasteiger partial charge in [0, 0.05) is 12.6 Å². The van der Waals surface area contributed by atoms with Gasteiger partial charge in [0.05, 0.1) is 12.1 Å². The number of hydrogen-bond donors (Lipinski definition) is 1. The minimum absolute atomic E-state index is 0.0485. The van der Waals surface area contributed by atoms with Crippen LogP contribution in [0, 0.1) is 0 Å². The smallest absolute Gasteiger partial charge is 0.240 e. The third kappa shape index (κ3) is 2.81. The molecule has 2 aliphatic rings. The fourth-order valence-electron chi connectivity index (χ4n) is 2.88. The third-order valence-corrected chi connectivity index (χ3v) is 4.24. The van der Waals surface area contributed by atoms with Crippen molar-refractivity contribution in [1.29, 1.82) is 0 Å². The van der Waals surface area contributed by atoms with E-state index in [0.717, 1.165) is 19.4 Å². The highest BCUT2D eigenvalue weighted by Gasteiger charge is 2.35. The van der Waals surface area contributed by atoms with Crippen LogP contribution in [-0.2, 0) is 4.79 Å². The summed E-state index contributed by atoms with van der Waals surface area (Å²) in [4.78, 5) is 14.6. The highest BCUT2D eigenvalue weighted by Crippen LogP contribution is 2.27. The average molecular weight is 258 g/mol. The van der Waals surface area contributed by atoms with Crippen LogP contribution in [0.2, 0.25) is 0 Å². The summed E-state index contributed by atoms with van der Waals surface area (Å²) in [5.41, 5.74) is 1.22. The molecule has 2 fully saturated rings. The summed E-state index contributed by atoms with van der Waals surface area (Å²) < 4.78 is 0. The highest BCUT2D eigenvalue weighted by atomic mass is 16.2. The number of carbonyl (C=O) groups is 1. The van der Waals surface area contributed by atoms with Crippen LogP contribution in [0.4, 0.5) is 0 Å². The third-order valence-electron chi connectivity index (χ3n) is 4.24. The van der Waals surface area contributed by atoms with Crippen molar-refractivity contribution in [3.8, 4) is 0 Å². The maximum atomic E-state index is 12.6. The summed E-state index contributed by atoms with van der Waals surface area (Å²) in [6.07, 6.45) is 4.57. The lowest BCUT2D eigenvalue weighted by Crippen LogP contribution is -2.51. The topological polar surface area (TPSA) is 32.3 Å². The van der Waals surface area contributed by atoms with E-state index < -0.39 is 0 Å². The van der Waals surface area contributed by atoms with E-state index in [9.17, 15) is 4.79 Å². The molecule has 1 heterocycles. The van der Waals surface area contributed by atoms with E-state index in [1.54, 1.807) is 0 Å². The number of hydrogen-bond acceptors (Lipinski definition) is 2. The van der Waals surface area contributed by atoms with Gasteiger partial charge in [0.15, 0.2) is 0 Å². The van der Waals surface area contributed by atoms with Gasteiger partial charge in [-0.2, -0.15) is 0 Å². The molecule has 0 bridgehead atoms. The predicted molar refractivity (Wildman–Crippen MR) is 75.7 cm³/mol. The van der Waals surface area contributed by atoms with E-state index in [4.69, 9.17) is 0 Å². The standard InChI is InChI=1S/C16H22N2O/c1-12(13-6-3-2-4-7-13)18-11-5-8-15(16(18)19)17-14-9-10-14/h2-4,6-7,12,14-15,17H,5,8-11H2,1H3. The minimum atomic E-state index is 0.0485. The summed E-state index contributed by atoms with van der Waals surface area (Å²) in [7, 11) is 0. The first-order valence-electron chi connectivity index (χ1n) is 7.37. The van der Waals surface area contributed by atoms with Crippen LogP contribution >= 0.6 is 0 Å². The van der Waals surface area contributed by atoms with Crippen molar-refractivity contribution in [3.05, 3.63) is 35.9 Å². The predicted octanol–water partition coefficient (Wildman–Crippen LogP) is 2.49. The molecule has 19 heavy (non-hydrogen) atoms. The molecule has 1 amide bonds. The number of benzene rings is 1. The second kappa shape index (κ2) is 5.33. The van der Waals surface area contributed by atoms with E-state index in [0.29, 0.717) is 6.04 Å². The monoisotopic (exact) mass is 258 g/mol. The van der Waals surface area contributed by atoms with E-state index >= 15 is 0 Å². The fraction of sp³-hybridized carbons (Fsp3) is 0.562. The Morgan fingerprint density at radius 1 is 1.21 bits per heavy atom. The van der Waals surface area contributed by atoms with Crippen LogP contribution in [0.5, 0.6) is 0 Å². The first-order valence-corrected chi connectivity index (χ1v) is 7.37. The number of nitrogens with one attached hydrogen (secondary N) is 1. The van der Waals surface area contributed by atoms with Crippen molar-refractivity contribution in [2.75, 3.05) is 6.54 Å². The molecular weight excluding hydrogens is 236 g/mol. The summed E-state index contributed by atoms with van der Waals surface area (Å²) in [5.74, 6) is 0.287. The Kier molecular flexibility index (Phi) is 3.56. The lowest BCUT2D eigenvalue weighted by molar-refractivity contribution is -0.138. The van der Waals surface area contributed by atoms with Gasteiger partial charge in [-0.25, -0.2) is 0 Å². The first kappa shape index (κ1) is 12.7. The molecule has 1 aliphatic carbocycles. The normalized spacial score (nSPS) is 25.4. The van der Waals surface area contributed by atoms with Crippen LogP contribution in [0.3, 0.4) is 0 Å². The lowest BCUT2D eigenvalue weighted by atomic mass is 9.99. The quantitative estimate of drug-likeness (QED) is 0.900. The molecule has 1 N–H and O–H groups in total. The number of rotatable bonds is 4. The molecule has 2 atom stereocenters. The van der Waals surface area contributed by atoms with Crippen molar-refractivity contribution in [2.45, 2.75) is 50.7 Å². The highest BCUT2D eigenvalue weighted by molar-refractivity contribution is 5.83. The summed E-state index contributed by atoms with van der Waals surface area (Å²) >= 11 is 0. The molecule has 1 saturated heterocycles. The molecule has 3 nitrogen and oxygen atoms in total. The Labute approximate surface area is 115 Å². The van der Waals surface area contributed by atoms with Crippen LogP contribution < -0.4 is 5.32 Å². The van der Waals surface area contributed by atoms with Gasteiger partial charge in [-0.15, -0.1) is 0 Å². The van der Waals surface area contributed by atoms with E-state index in [1.165, 1.54) is 18.4 Å². The van der Waals surface area contributed by atoms with Crippen LogP contribution in [0.25, 0.3) is 0 Å². The zero-order chi connectivity index (χ0) is 13.2. The number of carbonyl (C=O) groups excluding carboxylic acids is 1. The maximum Gasteiger partial charge on any atom is 0.240 e. The molecule has 2 unspecified atom stereocenters. The van der Waals surface area contributed by atoms with Crippen molar-refractivity contribution in [3.63, 3.8) is 0 Å². The minimum Gasteiger partial charge on any atom is -0.335 e. The molecule has 0 spiro atoms. The molecule has 1 saturated carbocycles. The Balaban J connectivity index is 1.70. The molecule has 3 heteroatoms. The molecule has 1 aromatic rings. The average Bonchev–Trinajstić information content (AvgIpc) is 3.25. The molecule has 0 radical (unpaired) electrons. The van der Waals surface area contributed by atoms with Crippen molar-refractivity contribution in [2.24, 2.45) is 0 Å². The first-order chi connectivity index (χ1) is 9.25. The van der Waals surface area contributed by atoms with Gasteiger partial charge >= 0.3 is 0 Å². The van der Waals surface area contributed by atoms with Crippen molar-refractivity contribution in [1.82, 2.24) is 10.2 Å². The van der Waals surface area contributed by atoms with E-state index in [2.05, 4.69) is 24.4 Å². The zero-order valence-electron chi connectivity index (χ0n) is 11.5. The number of nitrogens with zero attached hydrogens (tertiary/aromatic N) is 1. The van der Waals surface area contributed by atoms with Gasteiger partial charge in [-0.3, -0.25) is 4.79 Å². The number of likely N-dealkylation sites (tertiary alicyclic amines) is 1. The molecule has 0 aromatic heterocycles. The summed E-state index contributed by atoms with van der Waals surface area (Å²) in [5, 5.41) is 3.49. The second-order valence-electron chi connectivity index (χ2n) is 5.75. The zero-order valence-corrected chi connectivity index (χ0v) is 11.5. The maximum absolute atomic E-state index is 12.6. The van der Waals surface area contributed by atoms with Crippen molar-refractivity contribution < 1.29 is 4.79 Å². The van der Waals surface area contributed by atoms with Crippen molar-refractivity contribution >= 4 is 5.91 Å². The summed E-state index contributed by atoms with van der Waals surface area (Å²) in [6, 6.07) is 11.1. The Hall–Kier alpha value is -1.35. The lowest BCUT2D eigenvalue weighted by Gasteiger charge is -2.37. The number of piperidine rings is 1. The molecule has 102 valence electrons. The van der Waals surface area contributed by atoms with Crippen LogP contribution in [0.1, 0.15) is 44.2 Å². The van der Waals surface area contributed by atoms with Gasteiger partial charge < -0.3 is 10.2 Å². The number of amides is 1. The Morgan fingerprint density at radius 2 is 1.95 bits per heavy atom. The van der Waals surface area contributed by atoms with Gasteiger partial charge in [0.2, 0.25) is 5.91 Å². The molecule has 3 rings (SSSR count). The SMILES string of the molecule is CC(c1ccccc1)N1CCCC(NC2CC2)C1=O. The molecule has 1 aliphatic heterocycles. The Morgan fingerprint density at radius 3 is 2.63 bits per heavy atom. The molecular formula is C16H22N2O. The van der Waals surface area contributed by atoms with Gasteiger partial charge in [0.1, 0.15) is 0 Å².